The maximum Gasteiger partial charge on any atom is 0.119 e. The highest BCUT2D eigenvalue weighted by atomic mass is 32.2. The van der Waals surface area contributed by atoms with E-state index in [-0.39, 0.29) is 0 Å². The molecule has 1 aliphatic heterocycles. The Hall–Kier alpha value is -0.320. The van der Waals surface area contributed by atoms with Crippen LogP contribution in [-0.2, 0) is 6.54 Å². The third-order valence-electron chi connectivity index (χ3n) is 2.96. The average molecular weight is 297 g/mol. The van der Waals surface area contributed by atoms with Crippen molar-refractivity contribution in [2.75, 3.05) is 30.4 Å². The first-order valence-electron chi connectivity index (χ1n) is 7.00. The minimum absolute atomic E-state index is 0.776. The van der Waals surface area contributed by atoms with E-state index in [0.717, 1.165) is 37.1 Å². The first-order valence-corrected chi connectivity index (χ1v) is 9.20. The van der Waals surface area contributed by atoms with Gasteiger partial charge in [0, 0.05) is 35.6 Å². The quantitative estimate of drug-likeness (QED) is 0.832. The van der Waals surface area contributed by atoms with Crippen LogP contribution in [0.4, 0.5) is 0 Å². The summed E-state index contributed by atoms with van der Waals surface area (Å²) in [6, 6.07) is 8.42. The molecule has 4 heteroatoms. The van der Waals surface area contributed by atoms with Crippen molar-refractivity contribution >= 4 is 23.5 Å². The van der Waals surface area contributed by atoms with Crippen LogP contribution >= 0.6 is 23.5 Å². The van der Waals surface area contributed by atoms with E-state index in [2.05, 4.69) is 54.0 Å². The van der Waals surface area contributed by atoms with Crippen molar-refractivity contribution in [1.29, 1.82) is 0 Å². The van der Waals surface area contributed by atoms with Gasteiger partial charge in [-0.3, -0.25) is 0 Å². The standard InChI is InChI=1S/C15H23NOS2/c1-2-6-17-14-5-3-4-13(9-14)10-16-11-15-12-18-7-8-19-15/h3-5,9,15-16H,2,6-8,10-12H2,1H3. The molecule has 0 bridgehead atoms. The number of thioether (sulfide) groups is 2. The van der Waals surface area contributed by atoms with Crippen molar-refractivity contribution in [2.45, 2.75) is 25.1 Å². The molecule has 1 heterocycles. The molecule has 1 N–H and O–H groups in total. The Bertz CT molecular complexity index is 367. The van der Waals surface area contributed by atoms with E-state index in [9.17, 15) is 0 Å². The predicted octanol–water partition coefficient (Wildman–Crippen LogP) is 3.41. The Kier molecular flexibility index (Phi) is 6.96. The molecule has 106 valence electrons. The van der Waals surface area contributed by atoms with Gasteiger partial charge in [-0.15, -0.1) is 0 Å². The van der Waals surface area contributed by atoms with Crippen LogP contribution in [0.1, 0.15) is 18.9 Å². The first-order chi connectivity index (χ1) is 9.38. The van der Waals surface area contributed by atoms with Crippen molar-refractivity contribution in [3.8, 4) is 5.75 Å². The molecule has 1 aromatic rings. The number of nitrogens with one attached hydrogen (secondary N) is 1. The minimum Gasteiger partial charge on any atom is -0.494 e. The molecule has 0 aromatic heterocycles. The summed E-state index contributed by atoms with van der Waals surface area (Å²) >= 11 is 4.18. The summed E-state index contributed by atoms with van der Waals surface area (Å²) in [4.78, 5) is 0. The van der Waals surface area contributed by atoms with Crippen molar-refractivity contribution in [2.24, 2.45) is 0 Å². The molecule has 1 unspecified atom stereocenters. The Labute approximate surface area is 125 Å². The minimum atomic E-state index is 0.776. The predicted molar refractivity (Wildman–Crippen MR) is 87.5 cm³/mol. The van der Waals surface area contributed by atoms with Crippen LogP contribution in [0.15, 0.2) is 24.3 Å². The largest absolute Gasteiger partial charge is 0.494 e. The van der Waals surface area contributed by atoms with Gasteiger partial charge in [-0.25, -0.2) is 0 Å². The average Bonchev–Trinajstić information content (AvgIpc) is 2.47. The van der Waals surface area contributed by atoms with Crippen LogP contribution in [0.2, 0.25) is 0 Å². The fourth-order valence-electron chi connectivity index (χ4n) is 2.00. The summed E-state index contributed by atoms with van der Waals surface area (Å²) in [6.45, 7) is 4.97. The molecule has 1 atom stereocenters. The molecule has 0 aliphatic carbocycles. The van der Waals surface area contributed by atoms with Crippen LogP contribution in [0.25, 0.3) is 0 Å². The smallest absolute Gasteiger partial charge is 0.119 e. The summed E-state index contributed by atoms with van der Waals surface area (Å²) in [5.41, 5.74) is 1.31. The summed E-state index contributed by atoms with van der Waals surface area (Å²) in [5, 5.41) is 4.34. The van der Waals surface area contributed by atoms with Gasteiger partial charge in [-0.2, -0.15) is 23.5 Å². The number of hydrogen-bond donors (Lipinski definition) is 1. The van der Waals surface area contributed by atoms with Gasteiger partial charge in [0.25, 0.3) is 0 Å². The van der Waals surface area contributed by atoms with Crippen molar-refractivity contribution in [3.05, 3.63) is 29.8 Å². The van der Waals surface area contributed by atoms with Crippen LogP contribution in [0.5, 0.6) is 5.75 Å². The molecule has 1 saturated heterocycles. The lowest BCUT2D eigenvalue weighted by Gasteiger charge is -2.21. The second-order valence-electron chi connectivity index (χ2n) is 4.69. The topological polar surface area (TPSA) is 21.3 Å². The summed E-state index contributed by atoms with van der Waals surface area (Å²) in [7, 11) is 0. The third-order valence-corrected chi connectivity index (χ3v) is 5.80. The Balaban J connectivity index is 1.72. The molecular weight excluding hydrogens is 274 g/mol. The second kappa shape index (κ2) is 8.77. The number of ether oxygens (including phenoxy) is 1. The zero-order chi connectivity index (χ0) is 13.3. The molecule has 2 nitrogen and oxygen atoms in total. The molecule has 2 rings (SSSR count). The maximum absolute atomic E-state index is 5.66. The molecule has 1 aliphatic rings. The van der Waals surface area contributed by atoms with Crippen molar-refractivity contribution in [1.82, 2.24) is 5.32 Å². The third kappa shape index (κ3) is 5.67. The van der Waals surface area contributed by atoms with Gasteiger partial charge >= 0.3 is 0 Å². The lowest BCUT2D eigenvalue weighted by Crippen LogP contribution is -2.28. The van der Waals surface area contributed by atoms with Gasteiger partial charge < -0.3 is 10.1 Å². The monoisotopic (exact) mass is 297 g/mol. The first kappa shape index (κ1) is 15.1. The van der Waals surface area contributed by atoms with Gasteiger partial charge in [0.05, 0.1) is 6.61 Å². The Morgan fingerprint density at radius 1 is 1.37 bits per heavy atom. The van der Waals surface area contributed by atoms with Gasteiger partial charge in [-0.1, -0.05) is 19.1 Å². The number of hydrogen-bond acceptors (Lipinski definition) is 4. The number of rotatable bonds is 7. The summed E-state index contributed by atoms with van der Waals surface area (Å²) < 4.78 is 5.66. The second-order valence-corrected chi connectivity index (χ2v) is 7.25. The van der Waals surface area contributed by atoms with Crippen LogP contribution in [-0.4, -0.2) is 35.7 Å². The maximum atomic E-state index is 5.66. The zero-order valence-electron chi connectivity index (χ0n) is 11.6. The van der Waals surface area contributed by atoms with E-state index < -0.39 is 0 Å². The Morgan fingerprint density at radius 2 is 2.32 bits per heavy atom. The highest BCUT2D eigenvalue weighted by molar-refractivity contribution is 8.06. The fourth-order valence-corrected chi connectivity index (χ4v) is 4.64. The van der Waals surface area contributed by atoms with Crippen molar-refractivity contribution in [3.63, 3.8) is 0 Å². The van der Waals surface area contributed by atoms with Gasteiger partial charge in [-0.05, 0) is 24.1 Å². The summed E-state index contributed by atoms with van der Waals surface area (Å²) in [6.07, 6.45) is 1.05. The van der Waals surface area contributed by atoms with E-state index >= 15 is 0 Å². The molecule has 1 fully saturated rings. The Morgan fingerprint density at radius 3 is 3.11 bits per heavy atom. The lowest BCUT2D eigenvalue weighted by molar-refractivity contribution is 0.317. The normalized spacial score (nSPS) is 19.3. The van der Waals surface area contributed by atoms with Crippen LogP contribution in [0, 0.1) is 0 Å². The van der Waals surface area contributed by atoms with Crippen LogP contribution in [0.3, 0.4) is 0 Å². The molecule has 0 spiro atoms. The highest BCUT2D eigenvalue weighted by Gasteiger charge is 2.13. The van der Waals surface area contributed by atoms with E-state index in [1.165, 1.54) is 22.8 Å². The van der Waals surface area contributed by atoms with E-state index in [0.29, 0.717) is 0 Å². The van der Waals surface area contributed by atoms with Gasteiger partial charge in [0.15, 0.2) is 0 Å². The van der Waals surface area contributed by atoms with Crippen LogP contribution < -0.4 is 10.1 Å². The number of benzene rings is 1. The van der Waals surface area contributed by atoms with Gasteiger partial charge in [0.1, 0.15) is 5.75 Å². The van der Waals surface area contributed by atoms with E-state index in [4.69, 9.17) is 4.74 Å². The van der Waals surface area contributed by atoms with E-state index in [1.807, 2.05) is 6.07 Å². The molecule has 0 radical (unpaired) electrons. The molecule has 19 heavy (non-hydrogen) atoms. The zero-order valence-corrected chi connectivity index (χ0v) is 13.2. The molecule has 0 saturated carbocycles. The highest BCUT2D eigenvalue weighted by Crippen LogP contribution is 2.23. The molecule has 1 aromatic carbocycles. The SMILES string of the molecule is CCCOc1cccc(CNCC2CSCCS2)c1. The fraction of sp³-hybridized carbons (Fsp3) is 0.600. The van der Waals surface area contributed by atoms with Crippen molar-refractivity contribution < 1.29 is 4.74 Å². The lowest BCUT2D eigenvalue weighted by atomic mass is 10.2. The molecule has 0 amide bonds. The van der Waals surface area contributed by atoms with Gasteiger partial charge in [0.2, 0.25) is 0 Å². The summed E-state index contributed by atoms with van der Waals surface area (Å²) in [5.74, 6) is 4.90. The molecular formula is C15H23NOS2. The van der Waals surface area contributed by atoms with E-state index in [1.54, 1.807) is 0 Å².